The van der Waals surface area contributed by atoms with Gasteiger partial charge in [-0.15, -0.1) is 0 Å². The molecule has 0 spiro atoms. The Morgan fingerprint density at radius 1 is 0.957 bits per heavy atom. The van der Waals surface area contributed by atoms with Crippen molar-refractivity contribution in [3.05, 3.63) is 0 Å². The predicted octanol–water partition coefficient (Wildman–Crippen LogP) is 0.311. The largest absolute Gasteiger partial charge is 0.381 e. The van der Waals surface area contributed by atoms with Crippen LogP contribution in [0.2, 0.25) is 0 Å². The molecule has 3 aliphatic rings. The van der Waals surface area contributed by atoms with E-state index < -0.39 is 0 Å². The third kappa shape index (κ3) is 4.66. The van der Waals surface area contributed by atoms with Crippen LogP contribution >= 0.6 is 0 Å². The van der Waals surface area contributed by atoms with Gasteiger partial charge in [0.2, 0.25) is 5.91 Å². The second-order valence-corrected chi connectivity index (χ2v) is 7.16. The highest BCUT2D eigenvalue weighted by atomic mass is 16.5. The first kappa shape index (κ1) is 17.1. The van der Waals surface area contributed by atoms with Gasteiger partial charge in [-0.05, 0) is 37.5 Å². The fraction of sp³-hybridized carbons (Fsp3) is 0.941. The van der Waals surface area contributed by atoms with Crippen LogP contribution in [0.4, 0.5) is 0 Å². The van der Waals surface area contributed by atoms with Gasteiger partial charge in [0.15, 0.2) is 0 Å². The van der Waals surface area contributed by atoms with Gasteiger partial charge in [-0.25, -0.2) is 0 Å². The zero-order valence-electron chi connectivity index (χ0n) is 14.1. The van der Waals surface area contributed by atoms with Crippen molar-refractivity contribution in [1.82, 2.24) is 9.80 Å². The maximum absolute atomic E-state index is 12.6. The number of hydrogen-bond acceptors (Lipinski definition) is 5. The number of piperazine rings is 1. The summed E-state index contributed by atoms with van der Waals surface area (Å²) >= 11 is 0. The van der Waals surface area contributed by atoms with E-state index in [9.17, 15) is 4.79 Å². The lowest BCUT2D eigenvalue weighted by Gasteiger charge is -2.39. The highest BCUT2D eigenvalue weighted by Crippen LogP contribution is 2.20. The summed E-state index contributed by atoms with van der Waals surface area (Å²) in [5.74, 6) is 1.19. The van der Waals surface area contributed by atoms with Gasteiger partial charge in [0.1, 0.15) is 0 Å². The summed E-state index contributed by atoms with van der Waals surface area (Å²) in [6.45, 7) is 8.03. The molecule has 1 atom stereocenters. The van der Waals surface area contributed by atoms with Crippen LogP contribution < -0.4 is 5.73 Å². The molecule has 3 rings (SSSR count). The number of carbonyl (C=O) groups is 1. The number of hydrogen-bond donors (Lipinski definition) is 1. The van der Waals surface area contributed by atoms with Crippen molar-refractivity contribution in [3.63, 3.8) is 0 Å². The summed E-state index contributed by atoms with van der Waals surface area (Å²) in [6, 6.07) is -0.346. The van der Waals surface area contributed by atoms with Gasteiger partial charge in [-0.1, -0.05) is 0 Å². The Morgan fingerprint density at radius 2 is 1.52 bits per heavy atom. The smallest absolute Gasteiger partial charge is 0.239 e. The third-order valence-corrected chi connectivity index (χ3v) is 5.60. The van der Waals surface area contributed by atoms with Crippen LogP contribution in [0, 0.1) is 11.8 Å². The highest BCUT2D eigenvalue weighted by Gasteiger charge is 2.31. The summed E-state index contributed by atoms with van der Waals surface area (Å²) in [4.78, 5) is 17.1. The molecule has 132 valence electrons. The van der Waals surface area contributed by atoms with E-state index in [1.807, 2.05) is 4.90 Å². The van der Waals surface area contributed by atoms with Crippen molar-refractivity contribution in [2.45, 2.75) is 31.7 Å². The van der Waals surface area contributed by atoms with Crippen molar-refractivity contribution in [2.24, 2.45) is 17.6 Å². The number of rotatable bonds is 4. The zero-order chi connectivity index (χ0) is 16.1. The van der Waals surface area contributed by atoms with E-state index in [0.29, 0.717) is 0 Å². The Labute approximate surface area is 139 Å². The molecule has 1 amide bonds. The summed E-state index contributed by atoms with van der Waals surface area (Å²) < 4.78 is 10.8. The van der Waals surface area contributed by atoms with Gasteiger partial charge in [0.05, 0.1) is 6.04 Å². The van der Waals surface area contributed by atoms with Crippen molar-refractivity contribution in [3.8, 4) is 0 Å². The van der Waals surface area contributed by atoms with Crippen molar-refractivity contribution < 1.29 is 14.3 Å². The van der Waals surface area contributed by atoms with Gasteiger partial charge in [-0.3, -0.25) is 9.69 Å². The molecule has 0 aromatic heterocycles. The Bertz CT molecular complexity index is 373. The van der Waals surface area contributed by atoms with E-state index in [0.717, 1.165) is 77.9 Å². The Morgan fingerprint density at radius 3 is 2.13 bits per heavy atom. The van der Waals surface area contributed by atoms with E-state index in [4.69, 9.17) is 15.2 Å². The minimum atomic E-state index is -0.346. The van der Waals surface area contributed by atoms with Crippen LogP contribution in [0.25, 0.3) is 0 Å². The molecule has 0 saturated carbocycles. The van der Waals surface area contributed by atoms with Crippen LogP contribution in [0.5, 0.6) is 0 Å². The first-order valence-corrected chi connectivity index (χ1v) is 9.16. The van der Waals surface area contributed by atoms with Crippen LogP contribution in [0.15, 0.2) is 0 Å². The number of amides is 1. The van der Waals surface area contributed by atoms with Crippen LogP contribution in [0.1, 0.15) is 25.7 Å². The minimum absolute atomic E-state index is 0.141. The fourth-order valence-electron chi connectivity index (χ4n) is 3.93. The molecule has 0 bridgehead atoms. The highest BCUT2D eigenvalue weighted by molar-refractivity contribution is 5.82. The molecule has 0 aliphatic carbocycles. The Kier molecular flexibility index (Phi) is 6.28. The average molecular weight is 325 g/mol. The van der Waals surface area contributed by atoms with E-state index >= 15 is 0 Å². The monoisotopic (exact) mass is 325 g/mol. The fourth-order valence-corrected chi connectivity index (χ4v) is 3.93. The molecule has 6 nitrogen and oxygen atoms in total. The Hall–Kier alpha value is -0.690. The quantitative estimate of drug-likeness (QED) is 0.806. The molecule has 0 aromatic carbocycles. The topological polar surface area (TPSA) is 68.0 Å². The molecule has 3 heterocycles. The summed E-state index contributed by atoms with van der Waals surface area (Å²) in [5, 5.41) is 0. The lowest BCUT2D eigenvalue weighted by atomic mass is 9.91. The minimum Gasteiger partial charge on any atom is -0.381 e. The predicted molar refractivity (Wildman–Crippen MR) is 88.1 cm³/mol. The molecule has 0 aromatic rings. The zero-order valence-corrected chi connectivity index (χ0v) is 14.1. The van der Waals surface area contributed by atoms with Crippen LogP contribution in [-0.4, -0.2) is 80.9 Å². The van der Waals surface area contributed by atoms with Crippen molar-refractivity contribution >= 4 is 5.91 Å². The molecule has 3 aliphatic heterocycles. The van der Waals surface area contributed by atoms with Gasteiger partial charge in [0.25, 0.3) is 0 Å². The van der Waals surface area contributed by atoms with Crippen molar-refractivity contribution in [2.75, 3.05) is 59.2 Å². The van der Waals surface area contributed by atoms with Crippen LogP contribution in [-0.2, 0) is 14.3 Å². The number of carbonyl (C=O) groups excluding carboxylic acids is 1. The second-order valence-electron chi connectivity index (χ2n) is 7.16. The van der Waals surface area contributed by atoms with Crippen LogP contribution in [0.3, 0.4) is 0 Å². The summed E-state index contributed by atoms with van der Waals surface area (Å²) in [6.07, 6.45) is 4.18. The molecule has 2 N–H and O–H groups in total. The third-order valence-electron chi connectivity index (χ3n) is 5.60. The first-order chi connectivity index (χ1) is 11.2. The van der Waals surface area contributed by atoms with E-state index in [1.165, 1.54) is 12.8 Å². The maximum Gasteiger partial charge on any atom is 0.239 e. The standard InChI is InChI=1S/C17H31N3O3/c18-16(15-3-11-23-12-4-15)17(21)20-7-5-19(6-8-20)13-14-1-9-22-10-2-14/h14-16H,1-13,18H2. The normalized spacial score (nSPS) is 27.1. The molecular formula is C17H31N3O3. The van der Waals surface area contributed by atoms with Gasteiger partial charge < -0.3 is 20.1 Å². The SMILES string of the molecule is NC(C(=O)N1CCN(CC2CCOCC2)CC1)C1CCOCC1. The molecule has 6 heteroatoms. The average Bonchev–Trinajstić information content (AvgIpc) is 2.63. The second kappa shape index (κ2) is 8.42. The van der Waals surface area contributed by atoms with E-state index in [-0.39, 0.29) is 17.9 Å². The molecule has 0 radical (unpaired) electrons. The molecule has 3 fully saturated rings. The lowest BCUT2D eigenvalue weighted by Crippen LogP contribution is -2.55. The molecule has 3 saturated heterocycles. The summed E-state index contributed by atoms with van der Waals surface area (Å²) in [7, 11) is 0. The van der Waals surface area contributed by atoms with Gasteiger partial charge in [-0.2, -0.15) is 0 Å². The summed E-state index contributed by atoms with van der Waals surface area (Å²) in [5.41, 5.74) is 6.23. The van der Waals surface area contributed by atoms with Gasteiger partial charge in [0, 0.05) is 59.2 Å². The van der Waals surface area contributed by atoms with E-state index in [1.54, 1.807) is 0 Å². The first-order valence-electron chi connectivity index (χ1n) is 9.16. The number of nitrogens with two attached hydrogens (primary N) is 1. The van der Waals surface area contributed by atoms with Gasteiger partial charge >= 0.3 is 0 Å². The maximum atomic E-state index is 12.6. The molecule has 23 heavy (non-hydrogen) atoms. The molecule has 1 unspecified atom stereocenters. The number of ether oxygens (including phenoxy) is 2. The molecular weight excluding hydrogens is 294 g/mol. The van der Waals surface area contributed by atoms with Crippen molar-refractivity contribution in [1.29, 1.82) is 0 Å². The lowest BCUT2D eigenvalue weighted by molar-refractivity contribution is -0.136. The number of nitrogens with zero attached hydrogens (tertiary/aromatic N) is 2. The Balaban J connectivity index is 1.41. The van der Waals surface area contributed by atoms with E-state index in [2.05, 4.69) is 4.90 Å².